The Morgan fingerprint density at radius 3 is 2.76 bits per heavy atom. The lowest BCUT2D eigenvalue weighted by Crippen LogP contribution is -2.41. The van der Waals surface area contributed by atoms with Gasteiger partial charge in [0.2, 0.25) is 0 Å². The summed E-state index contributed by atoms with van der Waals surface area (Å²) in [5.41, 5.74) is 2.51. The van der Waals surface area contributed by atoms with Crippen molar-refractivity contribution in [1.29, 1.82) is 0 Å². The molecule has 2 aromatic rings. The molecule has 0 saturated carbocycles. The van der Waals surface area contributed by atoms with Crippen LogP contribution in [0, 0.1) is 0 Å². The first-order chi connectivity index (χ1) is 10.3. The number of hydrogen-bond acceptors (Lipinski definition) is 2. The second kappa shape index (κ2) is 6.97. The van der Waals surface area contributed by atoms with Crippen LogP contribution in [0.25, 0.3) is 0 Å². The van der Waals surface area contributed by atoms with E-state index in [9.17, 15) is 0 Å². The van der Waals surface area contributed by atoms with Gasteiger partial charge in [-0.2, -0.15) is 0 Å². The lowest BCUT2D eigenvalue weighted by molar-refractivity contribution is 0.208. The van der Waals surface area contributed by atoms with Crippen LogP contribution in [0.4, 0.5) is 5.69 Å². The first-order valence-corrected chi connectivity index (χ1v) is 7.96. The highest BCUT2D eigenvalue weighted by molar-refractivity contribution is 6.30. The molecule has 3 rings (SSSR count). The number of rotatable bonds is 4. The predicted molar refractivity (Wildman–Crippen MR) is 89.8 cm³/mol. The average molecular weight is 301 g/mol. The Kier molecular flexibility index (Phi) is 4.79. The molecule has 1 heterocycles. The molecule has 3 heteroatoms. The van der Waals surface area contributed by atoms with E-state index in [2.05, 4.69) is 52.7 Å². The number of hydrogen-bond donors (Lipinski definition) is 1. The van der Waals surface area contributed by atoms with Crippen molar-refractivity contribution in [2.45, 2.75) is 25.4 Å². The molecule has 2 aromatic carbocycles. The Morgan fingerprint density at radius 2 is 1.95 bits per heavy atom. The summed E-state index contributed by atoms with van der Waals surface area (Å²) in [5, 5.41) is 4.46. The van der Waals surface area contributed by atoms with Crippen LogP contribution in [0.5, 0.6) is 0 Å². The topological polar surface area (TPSA) is 15.3 Å². The summed E-state index contributed by atoms with van der Waals surface area (Å²) in [4.78, 5) is 2.51. The fourth-order valence-electron chi connectivity index (χ4n) is 2.98. The highest BCUT2D eigenvalue weighted by Crippen LogP contribution is 2.19. The van der Waals surface area contributed by atoms with Gasteiger partial charge in [-0.3, -0.25) is 4.90 Å². The van der Waals surface area contributed by atoms with Crippen molar-refractivity contribution in [2.75, 3.05) is 18.4 Å². The molecule has 1 aliphatic rings. The molecule has 0 aromatic heterocycles. The maximum Gasteiger partial charge on any atom is 0.0409 e. The second-order valence-electron chi connectivity index (χ2n) is 5.71. The standard InChI is InChI=1S/C18H21ClN2/c19-16-7-4-6-15(12-16)13-21-11-5-10-18(14-21)20-17-8-2-1-3-9-17/h1-4,6-9,12,18,20H,5,10-11,13-14H2/t18-/m1/s1. The van der Waals surface area contributed by atoms with Crippen molar-refractivity contribution in [3.05, 3.63) is 65.2 Å². The summed E-state index contributed by atoms with van der Waals surface area (Å²) < 4.78 is 0. The zero-order chi connectivity index (χ0) is 14.5. The number of likely N-dealkylation sites (tertiary alicyclic amines) is 1. The molecular weight excluding hydrogens is 280 g/mol. The molecule has 1 fully saturated rings. The van der Waals surface area contributed by atoms with Crippen LogP contribution in [0.3, 0.4) is 0 Å². The predicted octanol–water partition coefficient (Wildman–Crippen LogP) is 4.42. The maximum absolute atomic E-state index is 6.07. The van der Waals surface area contributed by atoms with Crippen LogP contribution in [-0.4, -0.2) is 24.0 Å². The zero-order valence-electron chi connectivity index (χ0n) is 12.1. The van der Waals surface area contributed by atoms with Gasteiger partial charge in [-0.05, 0) is 49.2 Å². The smallest absolute Gasteiger partial charge is 0.0409 e. The van der Waals surface area contributed by atoms with Crippen LogP contribution in [0.15, 0.2) is 54.6 Å². The highest BCUT2D eigenvalue weighted by Gasteiger charge is 2.19. The summed E-state index contributed by atoms with van der Waals surface area (Å²) in [5.74, 6) is 0. The lowest BCUT2D eigenvalue weighted by atomic mass is 10.0. The third-order valence-corrected chi connectivity index (χ3v) is 4.18. The average Bonchev–Trinajstić information content (AvgIpc) is 2.49. The number of nitrogens with one attached hydrogen (secondary N) is 1. The molecule has 21 heavy (non-hydrogen) atoms. The van der Waals surface area contributed by atoms with Crippen molar-refractivity contribution in [3.8, 4) is 0 Å². The minimum Gasteiger partial charge on any atom is -0.381 e. The normalized spacial score (nSPS) is 19.4. The van der Waals surface area contributed by atoms with E-state index in [0.717, 1.165) is 18.1 Å². The molecule has 1 N–H and O–H groups in total. The van der Waals surface area contributed by atoms with Crippen LogP contribution >= 0.6 is 11.6 Å². The SMILES string of the molecule is Clc1cccc(CN2CCC[C@@H](Nc3ccccc3)C2)c1. The van der Waals surface area contributed by atoms with Crippen molar-refractivity contribution >= 4 is 17.3 Å². The minimum atomic E-state index is 0.528. The van der Waals surface area contributed by atoms with Crippen molar-refractivity contribution < 1.29 is 0 Å². The Hall–Kier alpha value is -1.51. The lowest BCUT2D eigenvalue weighted by Gasteiger charge is -2.33. The highest BCUT2D eigenvalue weighted by atomic mass is 35.5. The van der Waals surface area contributed by atoms with Crippen LogP contribution in [-0.2, 0) is 6.54 Å². The quantitative estimate of drug-likeness (QED) is 0.899. The van der Waals surface area contributed by atoms with Gasteiger partial charge in [-0.1, -0.05) is 41.9 Å². The number of anilines is 1. The molecule has 0 bridgehead atoms. The molecule has 0 radical (unpaired) electrons. The van der Waals surface area contributed by atoms with Crippen LogP contribution in [0.2, 0.25) is 5.02 Å². The maximum atomic E-state index is 6.07. The van der Waals surface area contributed by atoms with Gasteiger partial charge < -0.3 is 5.32 Å². The summed E-state index contributed by atoms with van der Waals surface area (Å²) >= 11 is 6.07. The molecule has 1 atom stereocenters. The van der Waals surface area contributed by atoms with Crippen LogP contribution in [0.1, 0.15) is 18.4 Å². The fourth-order valence-corrected chi connectivity index (χ4v) is 3.19. The van der Waals surface area contributed by atoms with E-state index in [-0.39, 0.29) is 0 Å². The van der Waals surface area contributed by atoms with Crippen molar-refractivity contribution in [3.63, 3.8) is 0 Å². The van der Waals surface area contributed by atoms with Gasteiger partial charge >= 0.3 is 0 Å². The van der Waals surface area contributed by atoms with E-state index in [1.54, 1.807) is 0 Å². The van der Waals surface area contributed by atoms with Gasteiger partial charge in [0.1, 0.15) is 0 Å². The Morgan fingerprint density at radius 1 is 1.10 bits per heavy atom. The fraction of sp³-hybridized carbons (Fsp3) is 0.333. The van der Waals surface area contributed by atoms with E-state index in [0.29, 0.717) is 6.04 Å². The molecule has 110 valence electrons. The van der Waals surface area contributed by atoms with Gasteiger partial charge in [-0.25, -0.2) is 0 Å². The molecule has 2 nitrogen and oxygen atoms in total. The summed E-state index contributed by atoms with van der Waals surface area (Å²) in [6, 6.07) is 19.2. The number of piperidine rings is 1. The van der Waals surface area contributed by atoms with E-state index in [1.165, 1.54) is 30.6 Å². The van der Waals surface area contributed by atoms with Gasteiger partial charge in [0.25, 0.3) is 0 Å². The van der Waals surface area contributed by atoms with Crippen molar-refractivity contribution in [2.24, 2.45) is 0 Å². The summed E-state index contributed by atoms with van der Waals surface area (Å²) in [7, 11) is 0. The van der Waals surface area contributed by atoms with Gasteiger partial charge in [0.05, 0.1) is 0 Å². The first kappa shape index (κ1) is 14.4. The van der Waals surface area contributed by atoms with E-state index in [1.807, 2.05) is 12.1 Å². The number of para-hydroxylation sites is 1. The summed E-state index contributed by atoms with van der Waals surface area (Å²) in [6.07, 6.45) is 2.48. The molecule has 0 spiro atoms. The minimum absolute atomic E-state index is 0.528. The molecule has 0 aliphatic carbocycles. The van der Waals surface area contributed by atoms with Crippen LogP contribution < -0.4 is 5.32 Å². The van der Waals surface area contributed by atoms with E-state index < -0.39 is 0 Å². The summed E-state index contributed by atoms with van der Waals surface area (Å²) in [6.45, 7) is 3.23. The van der Waals surface area contributed by atoms with Crippen molar-refractivity contribution in [1.82, 2.24) is 4.90 Å². The van der Waals surface area contributed by atoms with E-state index >= 15 is 0 Å². The third-order valence-electron chi connectivity index (χ3n) is 3.95. The molecule has 0 unspecified atom stereocenters. The second-order valence-corrected chi connectivity index (χ2v) is 6.15. The number of benzene rings is 2. The first-order valence-electron chi connectivity index (χ1n) is 7.58. The molecule has 1 aliphatic heterocycles. The Balaban J connectivity index is 1.58. The zero-order valence-corrected chi connectivity index (χ0v) is 12.9. The third kappa shape index (κ3) is 4.23. The molecule has 1 saturated heterocycles. The van der Waals surface area contributed by atoms with Gasteiger partial charge in [-0.15, -0.1) is 0 Å². The van der Waals surface area contributed by atoms with Gasteiger partial charge in [0, 0.05) is 29.8 Å². The molecular formula is C18H21ClN2. The van der Waals surface area contributed by atoms with E-state index in [4.69, 9.17) is 11.6 Å². The van der Waals surface area contributed by atoms with Gasteiger partial charge in [0.15, 0.2) is 0 Å². The Bertz CT molecular complexity index is 570. The monoisotopic (exact) mass is 300 g/mol. The number of halogens is 1. The Labute approximate surface area is 131 Å². The largest absolute Gasteiger partial charge is 0.381 e. The number of nitrogens with zero attached hydrogens (tertiary/aromatic N) is 1. The molecule has 0 amide bonds.